The van der Waals surface area contributed by atoms with E-state index in [4.69, 9.17) is 14.2 Å². The molecule has 2 rings (SSSR count). The molecule has 0 aliphatic carbocycles. The molecule has 22 heavy (non-hydrogen) atoms. The maximum atomic E-state index is 12.1. The number of benzene rings is 1. The number of hydrogen-bond donors (Lipinski definition) is 1. The molecule has 6 heteroatoms. The van der Waals surface area contributed by atoms with Crippen molar-refractivity contribution in [2.24, 2.45) is 0 Å². The van der Waals surface area contributed by atoms with E-state index in [0.29, 0.717) is 36.8 Å². The van der Waals surface area contributed by atoms with E-state index < -0.39 is 12.1 Å². The molecule has 0 spiro atoms. The van der Waals surface area contributed by atoms with Crippen molar-refractivity contribution >= 4 is 17.6 Å². The highest BCUT2D eigenvalue weighted by Gasteiger charge is 2.24. The van der Waals surface area contributed by atoms with Crippen molar-refractivity contribution in [3.63, 3.8) is 0 Å². The highest BCUT2D eigenvalue weighted by atomic mass is 16.5. The lowest BCUT2D eigenvalue weighted by Crippen LogP contribution is -2.27. The Morgan fingerprint density at radius 3 is 2.77 bits per heavy atom. The van der Waals surface area contributed by atoms with Crippen LogP contribution < -0.4 is 10.1 Å². The minimum absolute atomic E-state index is 0.192. The normalized spacial score (nSPS) is 17.1. The zero-order valence-electron chi connectivity index (χ0n) is 12.9. The summed E-state index contributed by atoms with van der Waals surface area (Å²) in [6.45, 7) is 4.92. The van der Waals surface area contributed by atoms with Gasteiger partial charge in [-0.2, -0.15) is 0 Å². The SMILES string of the molecule is CCOC(=O)c1ccc(NC(=O)C2CCCO2)c(OCC)c1. The Bertz CT molecular complexity index is 537. The van der Waals surface area contributed by atoms with Gasteiger partial charge in [-0.25, -0.2) is 4.79 Å². The molecule has 1 N–H and O–H groups in total. The molecule has 1 aromatic carbocycles. The molecule has 0 radical (unpaired) electrons. The zero-order chi connectivity index (χ0) is 15.9. The fourth-order valence-corrected chi connectivity index (χ4v) is 2.24. The average molecular weight is 307 g/mol. The molecule has 1 atom stereocenters. The fourth-order valence-electron chi connectivity index (χ4n) is 2.24. The first-order chi connectivity index (χ1) is 10.7. The van der Waals surface area contributed by atoms with Crippen molar-refractivity contribution in [3.8, 4) is 5.75 Å². The van der Waals surface area contributed by atoms with Gasteiger partial charge in [-0.05, 0) is 44.9 Å². The van der Waals surface area contributed by atoms with Crippen LogP contribution in [0.2, 0.25) is 0 Å². The average Bonchev–Trinajstić information content (AvgIpc) is 3.04. The standard InChI is InChI=1S/C16H21NO5/c1-3-20-14-10-11(16(19)21-4-2)7-8-12(14)17-15(18)13-6-5-9-22-13/h7-8,10,13H,3-6,9H2,1-2H3,(H,17,18). The van der Waals surface area contributed by atoms with Crippen molar-refractivity contribution in [1.29, 1.82) is 0 Å². The summed E-state index contributed by atoms with van der Waals surface area (Å²) in [5.74, 6) is -0.165. The van der Waals surface area contributed by atoms with Crippen LogP contribution >= 0.6 is 0 Å². The number of nitrogens with one attached hydrogen (secondary N) is 1. The number of hydrogen-bond acceptors (Lipinski definition) is 5. The van der Waals surface area contributed by atoms with Gasteiger partial charge in [0.25, 0.3) is 5.91 Å². The van der Waals surface area contributed by atoms with E-state index in [2.05, 4.69) is 5.32 Å². The topological polar surface area (TPSA) is 73.9 Å². The van der Waals surface area contributed by atoms with E-state index >= 15 is 0 Å². The molecule has 1 fully saturated rings. The minimum Gasteiger partial charge on any atom is -0.492 e. The van der Waals surface area contributed by atoms with Crippen molar-refractivity contribution < 1.29 is 23.8 Å². The highest BCUT2D eigenvalue weighted by Crippen LogP contribution is 2.27. The molecular formula is C16H21NO5. The van der Waals surface area contributed by atoms with Crippen LogP contribution in [0.5, 0.6) is 5.75 Å². The molecule has 1 amide bonds. The Kier molecular flexibility index (Phi) is 5.77. The molecule has 6 nitrogen and oxygen atoms in total. The third-order valence-electron chi connectivity index (χ3n) is 3.27. The second kappa shape index (κ2) is 7.79. The summed E-state index contributed by atoms with van der Waals surface area (Å²) >= 11 is 0. The quantitative estimate of drug-likeness (QED) is 0.817. The van der Waals surface area contributed by atoms with E-state index in [1.165, 1.54) is 0 Å². The lowest BCUT2D eigenvalue weighted by Gasteiger charge is -2.15. The Morgan fingerprint density at radius 1 is 1.32 bits per heavy atom. The maximum absolute atomic E-state index is 12.1. The molecule has 1 aromatic rings. The van der Waals surface area contributed by atoms with Crippen LogP contribution in [0, 0.1) is 0 Å². The lowest BCUT2D eigenvalue weighted by atomic mass is 10.1. The van der Waals surface area contributed by atoms with Crippen LogP contribution in [0.3, 0.4) is 0 Å². The van der Waals surface area contributed by atoms with E-state index in [9.17, 15) is 9.59 Å². The third kappa shape index (κ3) is 3.98. The van der Waals surface area contributed by atoms with E-state index in [0.717, 1.165) is 12.8 Å². The predicted octanol–water partition coefficient (Wildman–Crippen LogP) is 2.38. The Balaban J connectivity index is 2.15. The zero-order valence-corrected chi connectivity index (χ0v) is 12.9. The molecule has 1 unspecified atom stereocenters. The summed E-state index contributed by atoms with van der Waals surface area (Å²) in [4.78, 5) is 23.9. The van der Waals surface area contributed by atoms with Gasteiger partial charge in [-0.1, -0.05) is 0 Å². The van der Waals surface area contributed by atoms with E-state index in [1.807, 2.05) is 6.92 Å². The summed E-state index contributed by atoms with van der Waals surface area (Å²) in [5, 5.41) is 2.79. The van der Waals surface area contributed by atoms with Crippen LogP contribution in [-0.4, -0.2) is 37.8 Å². The van der Waals surface area contributed by atoms with Crippen LogP contribution in [-0.2, 0) is 14.3 Å². The van der Waals surface area contributed by atoms with Gasteiger partial charge < -0.3 is 19.5 Å². The van der Waals surface area contributed by atoms with Gasteiger partial charge in [0.05, 0.1) is 24.5 Å². The maximum Gasteiger partial charge on any atom is 0.338 e. The summed E-state index contributed by atoms with van der Waals surface area (Å²) in [6.07, 6.45) is 1.19. The second-order valence-corrected chi connectivity index (χ2v) is 4.86. The molecular weight excluding hydrogens is 286 g/mol. The molecule has 1 heterocycles. The Morgan fingerprint density at radius 2 is 2.14 bits per heavy atom. The number of ether oxygens (including phenoxy) is 3. The second-order valence-electron chi connectivity index (χ2n) is 4.86. The van der Waals surface area contributed by atoms with Gasteiger partial charge in [-0.3, -0.25) is 4.79 Å². The first-order valence-corrected chi connectivity index (χ1v) is 7.52. The monoisotopic (exact) mass is 307 g/mol. The Hall–Kier alpha value is -2.08. The molecule has 0 aromatic heterocycles. The third-order valence-corrected chi connectivity index (χ3v) is 3.27. The van der Waals surface area contributed by atoms with Crippen LogP contribution in [0.1, 0.15) is 37.0 Å². The number of esters is 1. The van der Waals surface area contributed by atoms with Crippen molar-refractivity contribution in [2.75, 3.05) is 25.1 Å². The van der Waals surface area contributed by atoms with Gasteiger partial charge in [0.15, 0.2) is 0 Å². The van der Waals surface area contributed by atoms with Crippen LogP contribution in [0.25, 0.3) is 0 Å². The smallest absolute Gasteiger partial charge is 0.338 e. The minimum atomic E-state index is -0.417. The molecule has 0 bridgehead atoms. The van der Waals surface area contributed by atoms with Gasteiger partial charge in [-0.15, -0.1) is 0 Å². The predicted molar refractivity (Wildman–Crippen MR) is 81.2 cm³/mol. The van der Waals surface area contributed by atoms with Crippen molar-refractivity contribution in [2.45, 2.75) is 32.8 Å². The molecule has 1 aliphatic rings. The van der Waals surface area contributed by atoms with Gasteiger partial charge in [0.1, 0.15) is 11.9 Å². The van der Waals surface area contributed by atoms with Crippen molar-refractivity contribution in [3.05, 3.63) is 23.8 Å². The van der Waals surface area contributed by atoms with Crippen molar-refractivity contribution in [1.82, 2.24) is 0 Å². The van der Waals surface area contributed by atoms with Gasteiger partial charge in [0, 0.05) is 6.61 Å². The largest absolute Gasteiger partial charge is 0.492 e. The molecule has 120 valence electrons. The number of anilines is 1. The van der Waals surface area contributed by atoms with Crippen LogP contribution in [0.15, 0.2) is 18.2 Å². The summed E-state index contributed by atoms with van der Waals surface area (Å²) in [6, 6.07) is 4.82. The fraction of sp³-hybridized carbons (Fsp3) is 0.500. The van der Waals surface area contributed by atoms with Gasteiger partial charge >= 0.3 is 5.97 Å². The number of amides is 1. The Labute approximate surface area is 129 Å². The van der Waals surface area contributed by atoms with E-state index in [-0.39, 0.29) is 5.91 Å². The summed E-state index contributed by atoms with van der Waals surface area (Å²) in [7, 11) is 0. The molecule has 0 saturated carbocycles. The molecule has 1 aliphatic heterocycles. The number of rotatable bonds is 6. The number of carbonyl (C=O) groups excluding carboxylic acids is 2. The lowest BCUT2D eigenvalue weighted by molar-refractivity contribution is -0.124. The van der Waals surface area contributed by atoms with E-state index in [1.54, 1.807) is 25.1 Å². The summed E-state index contributed by atoms with van der Waals surface area (Å²) < 4.78 is 15.8. The van der Waals surface area contributed by atoms with Crippen LogP contribution in [0.4, 0.5) is 5.69 Å². The first-order valence-electron chi connectivity index (χ1n) is 7.52. The first kappa shape index (κ1) is 16.3. The highest BCUT2D eigenvalue weighted by molar-refractivity contribution is 5.97. The summed E-state index contributed by atoms with van der Waals surface area (Å²) in [5.41, 5.74) is 0.913. The number of carbonyl (C=O) groups is 2. The molecule has 1 saturated heterocycles. The van der Waals surface area contributed by atoms with Gasteiger partial charge in [0.2, 0.25) is 0 Å².